The number of nitrogens with zero attached hydrogens (tertiary/aromatic N) is 3. The van der Waals surface area contributed by atoms with Gasteiger partial charge in [0.25, 0.3) is 0 Å². The van der Waals surface area contributed by atoms with Gasteiger partial charge in [-0.3, -0.25) is 0 Å². The minimum Gasteiger partial charge on any atom is -0.381 e. The molecule has 0 spiro atoms. The highest BCUT2D eigenvalue weighted by atomic mass is 16.5. The number of pyridine rings is 1. The Bertz CT molecular complexity index is 581. The normalized spacial score (nSPS) is 19.9. The molecule has 2 aliphatic heterocycles. The Labute approximate surface area is 149 Å². The van der Waals surface area contributed by atoms with E-state index in [2.05, 4.69) is 39.5 Å². The van der Waals surface area contributed by atoms with Crippen LogP contribution in [0.1, 0.15) is 25.7 Å². The predicted octanol–water partition coefficient (Wildman–Crippen LogP) is 1.91. The maximum absolute atomic E-state index is 12.5. The van der Waals surface area contributed by atoms with E-state index in [1.807, 2.05) is 12.1 Å². The molecule has 2 N–H and O–H groups in total. The molecule has 7 nitrogen and oxygen atoms in total. The largest absolute Gasteiger partial charge is 0.381 e. The zero-order valence-corrected chi connectivity index (χ0v) is 15.3. The lowest BCUT2D eigenvalue weighted by atomic mass is 9.88. The van der Waals surface area contributed by atoms with Crippen molar-refractivity contribution in [1.29, 1.82) is 0 Å². The van der Waals surface area contributed by atoms with Gasteiger partial charge in [0.15, 0.2) is 5.82 Å². The molecular formula is C18H29N5O2. The van der Waals surface area contributed by atoms with E-state index in [4.69, 9.17) is 4.74 Å². The first-order valence-electron chi connectivity index (χ1n) is 9.11. The smallest absolute Gasteiger partial charge is 0.319 e. The minimum atomic E-state index is -0.179. The van der Waals surface area contributed by atoms with Crippen LogP contribution in [0.3, 0.4) is 0 Å². The van der Waals surface area contributed by atoms with Gasteiger partial charge in [-0.1, -0.05) is 0 Å². The summed E-state index contributed by atoms with van der Waals surface area (Å²) in [7, 11) is 4.13. The monoisotopic (exact) mass is 347 g/mol. The quantitative estimate of drug-likeness (QED) is 0.852. The lowest BCUT2D eigenvalue weighted by molar-refractivity contribution is -0.00553. The number of nitrogens with one attached hydrogen (secondary N) is 2. The Morgan fingerprint density at radius 1 is 1.32 bits per heavy atom. The van der Waals surface area contributed by atoms with Crippen LogP contribution in [0.2, 0.25) is 0 Å². The number of likely N-dealkylation sites (N-methyl/N-ethyl adjacent to an activating group) is 1. The highest BCUT2D eigenvalue weighted by molar-refractivity contribution is 5.92. The van der Waals surface area contributed by atoms with Crippen molar-refractivity contribution >= 4 is 17.5 Å². The Morgan fingerprint density at radius 3 is 2.72 bits per heavy atom. The van der Waals surface area contributed by atoms with E-state index >= 15 is 0 Å². The number of amides is 2. The van der Waals surface area contributed by atoms with Crippen molar-refractivity contribution in [2.45, 2.75) is 31.2 Å². The molecule has 0 bridgehead atoms. The van der Waals surface area contributed by atoms with Crippen LogP contribution in [0, 0.1) is 0 Å². The third kappa shape index (κ3) is 4.22. The molecule has 2 saturated heterocycles. The third-order valence-corrected chi connectivity index (χ3v) is 5.39. The summed E-state index contributed by atoms with van der Waals surface area (Å²) in [5.74, 6) is 0.864. The average molecular weight is 347 g/mol. The van der Waals surface area contributed by atoms with Gasteiger partial charge in [0.05, 0.1) is 5.69 Å². The molecule has 7 heteroatoms. The van der Waals surface area contributed by atoms with Gasteiger partial charge in [-0.2, -0.15) is 0 Å². The molecule has 1 aromatic rings. The van der Waals surface area contributed by atoms with E-state index in [1.54, 1.807) is 6.20 Å². The second-order valence-corrected chi connectivity index (χ2v) is 7.11. The topological polar surface area (TPSA) is 69.7 Å². The Hall–Kier alpha value is -1.86. The first kappa shape index (κ1) is 17.9. The summed E-state index contributed by atoms with van der Waals surface area (Å²) in [6.45, 7) is 4.08. The summed E-state index contributed by atoms with van der Waals surface area (Å²) in [6, 6.07) is 3.59. The Balaban J connectivity index is 1.61. The number of carbonyl (C=O) groups is 1. The molecule has 1 aromatic heterocycles. The first-order chi connectivity index (χ1) is 12.1. The molecule has 0 radical (unpaired) electrons. The van der Waals surface area contributed by atoms with E-state index in [1.165, 1.54) is 12.8 Å². The van der Waals surface area contributed by atoms with Gasteiger partial charge in [0, 0.05) is 44.6 Å². The van der Waals surface area contributed by atoms with Crippen molar-refractivity contribution in [3.05, 3.63) is 18.3 Å². The number of ether oxygens (including phenoxy) is 1. The van der Waals surface area contributed by atoms with Crippen molar-refractivity contribution in [1.82, 2.24) is 15.2 Å². The van der Waals surface area contributed by atoms with Crippen molar-refractivity contribution in [2.75, 3.05) is 57.2 Å². The zero-order chi connectivity index (χ0) is 17.7. The summed E-state index contributed by atoms with van der Waals surface area (Å²) in [5, 5.41) is 6.03. The molecule has 0 saturated carbocycles. The fraction of sp³-hybridized carbons (Fsp3) is 0.667. The molecule has 0 aliphatic carbocycles. The fourth-order valence-corrected chi connectivity index (χ4v) is 3.62. The number of aromatic nitrogens is 1. The van der Waals surface area contributed by atoms with Crippen LogP contribution in [0.15, 0.2) is 18.3 Å². The van der Waals surface area contributed by atoms with Crippen molar-refractivity contribution < 1.29 is 9.53 Å². The minimum absolute atomic E-state index is 0.0394. The van der Waals surface area contributed by atoms with E-state index < -0.39 is 0 Å². The molecule has 0 aromatic carbocycles. The number of rotatable bonds is 5. The molecule has 138 valence electrons. The zero-order valence-electron chi connectivity index (χ0n) is 15.3. The molecule has 2 amide bonds. The van der Waals surface area contributed by atoms with E-state index in [-0.39, 0.29) is 11.6 Å². The molecule has 2 aliphatic rings. The van der Waals surface area contributed by atoms with Crippen LogP contribution in [0.5, 0.6) is 0 Å². The predicted molar refractivity (Wildman–Crippen MR) is 99.2 cm³/mol. The maximum atomic E-state index is 12.5. The number of hydrogen-bond donors (Lipinski definition) is 2. The van der Waals surface area contributed by atoms with Crippen molar-refractivity contribution in [3.63, 3.8) is 0 Å². The van der Waals surface area contributed by atoms with Gasteiger partial charge in [-0.15, -0.1) is 0 Å². The summed E-state index contributed by atoms with van der Waals surface area (Å²) < 4.78 is 5.48. The van der Waals surface area contributed by atoms with Crippen LogP contribution in [0.25, 0.3) is 0 Å². The summed E-state index contributed by atoms with van der Waals surface area (Å²) in [5.41, 5.74) is 0.732. The van der Waals surface area contributed by atoms with E-state index in [0.717, 1.165) is 50.7 Å². The Morgan fingerprint density at radius 2 is 2.04 bits per heavy atom. The van der Waals surface area contributed by atoms with Gasteiger partial charge in [-0.05, 0) is 51.9 Å². The number of carbonyl (C=O) groups excluding carboxylic acids is 1. The SMILES string of the molecule is CN(C)C1(CNC(=O)Nc2cccnc2N2CCCC2)CCOCC1. The molecule has 2 fully saturated rings. The highest BCUT2D eigenvalue weighted by Gasteiger charge is 2.35. The molecule has 0 atom stereocenters. The fourth-order valence-electron chi connectivity index (χ4n) is 3.62. The van der Waals surface area contributed by atoms with E-state index in [9.17, 15) is 4.79 Å². The lowest BCUT2D eigenvalue weighted by Crippen LogP contribution is -2.56. The maximum Gasteiger partial charge on any atom is 0.319 e. The second kappa shape index (κ2) is 8.01. The Kier molecular flexibility index (Phi) is 5.75. The number of hydrogen-bond acceptors (Lipinski definition) is 5. The van der Waals surface area contributed by atoms with Gasteiger partial charge in [0.2, 0.25) is 0 Å². The van der Waals surface area contributed by atoms with E-state index in [0.29, 0.717) is 6.54 Å². The second-order valence-electron chi connectivity index (χ2n) is 7.11. The lowest BCUT2D eigenvalue weighted by Gasteiger charge is -2.42. The molecule has 3 heterocycles. The van der Waals surface area contributed by atoms with Crippen LogP contribution in [-0.4, -0.2) is 68.4 Å². The van der Waals surface area contributed by atoms with Gasteiger partial charge < -0.3 is 25.2 Å². The van der Waals surface area contributed by atoms with Crippen LogP contribution in [-0.2, 0) is 4.74 Å². The number of anilines is 2. The summed E-state index contributed by atoms with van der Waals surface area (Å²) in [6.07, 6.45) is 5.98. The standard InChI is InChI=1S/C18H29N5O2/c1-22(2)18(7-12-25-13-8-18)14-20-17(24)21-15-6-5-9-19-16(15)23-10-3-4-11-23/h5-6,9H,3-4,7-8,10-14H2,1-2H3,(H2,20,21,24). The number of urea groups is 1. The molecule has 0 unspecified atom stereocenters. The highest BCUT2D eigenvalue weighted by Crippen LogP contribution is 2.27. The van der Waals surface area contributed by atoms with Crippen molar-refractivity contribution in [2.24, 2.45) is 0 Å². The third-order valence-electron chi connectivity index (χ3n) is 5.39. The van der Waals surface area contributed by atoms with Crippen LogP contribution >= 0.6 is 0 Å². The van der Waals surface area contributed by atoms with Crippen molar-refractivity contribution in [3.8, 4) is 0 Å². The summed E-state index contributed by atoms with van der Waals surface area (Å²) >= 11 is 0. The van der Waals surface area contributed by atoms with Gasteiger partial charge >= 0.3 is 6.03 Å². The van der Waals surface area contributed by atoms with Gasteiger partial charge in [-0.25, -0.2) is 9.78 Å². The summed E-state index contributed by atoms with van der Waals surface area (Å²) in [4.78, 5) is 21.4. The molecular weight excluding hydrogens is 318 g/mol. The molecule has 25 heavy (non-hydrogen) atoms. The van der Waals surface area contributed by atoms with Crippen LogP contribution in [0.4, 0.5) is 16.3 Å². The first-order valence-corrected chi connectivity index (χ1v) is 9.11. The average Bonchev–Trinajstić information content (AvgIpc) is 3.15. The molecule has 3 rings (SSSR count). The van der Waals surface area contributed by atoms with Crippen LogP contribution < -0.4 is 15.5 Å². The van der Waals surface area contributed by atoms with Gasteiger partial charge in [0.1, 0.15) is 0 Å².